The van der Waals surface area contributed by atoms with E-state index in [9.17, 15) is 0 Å². The number of thiazole rings is 1. The van der Waals surface area contributed by atoms with Crippen LogP contribution in [0.5, 0.6) is 11.5 Å². The highest BCUT2D eigenvalue weighted by atomic mass is 35.5. The molecular weight excluding hydrogens is 483 g/mol. The number of anilines is 2. The number of rotatable bonds is 9. The number of methoxy groups -OCH3 is 2. The first kappa shape index (κ1) is 23.9. The summed E-state index contributed by atoms with van der Waals surface area (Å²) in [4.78, 5) is 4.83. The second-order valence-corrected chi connectivity index (χ2v) is 10.1. The van der Waals surface area contributed by atoms with E-state index in [2.05, 4.69) is 10.3 Å². The Balaban J connectivity index is 1.58. The Morgan fingerprint density at radius 2 is 2.12 bits per heavy atom. The normalized spacial score (nSPS) is 17.7. The molecule has 33 heavy (non-hydrogen) atoms. The Morgan fingerprint density at radius 3 is 2.79 bits per heavy atom. The fraction of sp³-hybridized carbons (Fsp3) is 0.348. The molecule has 4 rings (SSSR count). The standard InChI is InChI=1S/C23H26ClFN4O2S2/c1-30-15-7-6-14(21(10-15)31-2)13-29(23-27-8-9-32-23)33-22-11-16(24)20(12-17(22)25)28-19-5-3-4-18(19)26/h6-12,18-19,28H,3-5,13,26H2,1-2H3/t18-,19-/m0/s1. The van der Waals surface area contributed by atoms with Crippen molar-refractivity contribution in [3.8, 4) is 11.5 Å². The quantitative estimate of drug-likeness (QED) is 0.345. The van der Waals surface area contributed by atoms with Gasteiger partial charge in [-0.1, -0.05) is 11.6 Å². The summed E-state index contributed by atoms with van der Waals surface area (Å²) in [7, 11) is 3.22. The summed E-state index contributed by atoms with van der Waals surface area (Å²) in [5.41, 5.74) is 7.63. The largest absolute Gasteiger partial charge is 0.497 e. The van der Waals surface area contributed by atoms with Crippen molar-refractivity contribution in [2.45, 2.75) is 42.8 Å². The van der Waals surface area contributed by atoms with Crippen LogP contribution in [0.4, 0.5) is 15.2 Å². The molecule has 1 saturated carbocycles. The highest BCUT2D eigenvalue weighted by Crippen LogP contribution is 2.39. The highest BCUT2D eigenvalue weighted by molar-refractivity contribution is 8.00. The van der Waals surface area contributed by atoms with Gasteiger partial charge in [-0.3, -0.25) is 4.31 Å². The number of halogens is 2. The van der Waals surface area contributed by atoms with Crippen LogP contribution in [0.15, 0.2) is 46.8 Å². The third-order valence-corrected chi connectivity index (χ3v) is 7.84. The van der Waals surface area contributed by atoms with E-state index in [-0.39, 0.29) is 17.9 Å². The second kappa shape index (κ2) is 10.8. The Hall–Kier alpha value is -2.20. The van der Waals surface area contributed by atoms with Crippen LogP contribution in [0.3, 0.4) is 0 Å². The van der Waals surface area contributed by atoms with Crippen molar-refractivity contribution in [2.24, 2.45) is 5.73 Å². The van der Waals surface area contributed by atoms with Crippen LogP contribution >= 0.6 is 34.9 Å². The van der Waals surface area contributed by atoms with Crippen LogP contribution in [0.25, 0.3) is 0 Å². The smallest absolute Gasteiger partial charge is 0.195 e. The van der Waals surface area contributed by atoms with Gasteiger partial charge in [-0.2, -0.15) is 0 Å². The number of hydrogen-bond donors (Lipinski definition) is 2. The van der Waals surface area contributed by atoms with E-state index in [0.717, 1.165) is 30.0 Å². The van der Waals surface area contributed by atoms with Crippen LogP contribution < -0.4 is 24.8 Å². The van der Waals surface area contributed by atoms with Crippen LogP contribution in [0.2, 0.25) is 5.02 Å². The van der Waals surface area contributed by atoms with Crippen molar-refractivity contribution in [1.29, 1.82) is 0 Å². The summed E-state index contributed by atoms with van der Waals surface area (Å²) in [6, 6.07) is 8.88. The molecule has 0 amide bonds. The zero-order valence-electron chi connectivity index (χ0n) is 18.4. The summed E-state index contributed by atoms with van der Waals surface area (Å²) in [5, 5.41) is 6.40. The number of nitrogens with zero attached hydrogens (tertiary/aromatic N) is 2. The lowest BCUT2D eigenvalue weighted by atomic mass is 10.1. The van der Waals surface area contributed by atoms with Crippen LogP contribution in [-0.4, -0.2) is 31.3 Å². The van der Waals surface area contributed by atoms with Gasteiger partial charge in [-0.05, 0) is 55.5 Å². The molecule has 2 atom stereocenters. The van der Waals surface area contributed by atoms with Gasteiger partial charge < -0.3 is 20.5 Å². The summed E-state index contributed by atoms with van der Waals surface area (Å²) in [5.74, 6) is 1.02. The zero-order chi connectivity index (χ0) is 23.4. The fourth-order valence-electron chi connectivity index (χ4n) is 3.81. The van der Waals surface area contributed by atoms with E-state index in [4.69, 9.17) is 26.8 Å². The van der Waals surface area contributed by atoms with Gasteiger partial charge in [-0.15, -0.1) is 11.3 Å². The Morgan fingerprint density at radius 1 is 1.27 bits per heavy atom. The highest BCUT2D eigenvalue weighted by Gasteiger charge is 2.25. The lowest BCUT2D eigenvalue weighted by molar-refractivity contribution is 0.391. The van der Waals surface area contributed by atoms with Gasteiger partial charge in [0.1, 0.15) is 17.3 Å². The molecule has 6 nitrogen and oxygen atoms in total. The molecule has 0 saturated heterocycles. The van der Waals surface area contributed by atoms with E-state index in [1.54, 1.807) is 26.5 Å². The molecule has 1 aliphatic rings. The molecule has 0 bridgehead atoms. The molecule has 1 aliphatic carbocycles. The molecule has 1 fully saturated rings. The van der Waals surface area contributed by atoms with E-state index >= 15 is 4.39 Å². The monoisotopic (exact) mass is 508 g/mol. The summed E-state index contributed by atoms with van der Waals surface area (Å²) in [6.45, 7) is 0.444. The minimum Gasteiger partial charge on any atom is -0.497 e. The van der Waals surface area contributed by atoms with Crippen LogP contribution in [0, 0.1) is 5.82 Å². The number of nitrogens with one attached hydrogen (secondary N) is 1. The van der Waals surface area contributed by atoms with E-state index in [1.807, 2.05) is 27.9 Å². The number of benzene rings is 2. The third-order valence-electron chi connectivity index (χ3n) is 5.58. The second-order valence-electron chi connectivity index (χ2n) is 7.73. The third kappa shape index (κ3) is 5.66. The molecule has 0 radical (unpaired) electrons. The Bertz CT molecular complexity index is 1090. The number of nitrogens with two attached hydrogens (primary N) is 1. The summed E-state index contributed by atoms with van der Waals surface area (Å²) >= 11 is 9.25. The molecule has 0 aliphatic heterocycles. The van der Waals surface area contributed by atoms with E-state index in [0.29, 0.717) is 33.6 Å². The summed E-state index contributed by atoms with van der Waals surface area (Å²) < 4.78 is 27.9. The predicted molar refractivity (Wildman–Crippen MR) is 134 cm³/mol. The topological polar surface area (TPSA) is 72.6 Å². The first-order valence-corrected chi connectivity index (χ1v) is 12.6. The minimum atomic E-state index is -0.360. The first-order chi connectivity index (χ1) is 16.0. The van der Waals surface area contributed by atoms with Crippen molar-refractivity contribution in [1.82, 2.24) is 4.98 Å². The van der Waals surface area contributed by atoms with Crippen molar-refractivity contribution in [2.75, 3.05) is 23.8 Å². The minimum absolute atomic E-state index is 0.0538. The maximum atomic E-state index is 15.2. The molecule has 10 heteroatoms. The SMILES string of the molecule is COc1ccc(CN(Sc2cc(Cl)c(N[C@H]3CCC[C@@H]3N)cc2F)c2nccs2)c(OC)c1. The maximum Gasteiger partial charge on any atom is 0.195 e. The number of hydrogen-bond acceptors (Lipinski definition) is 8. The Kier molecular flexibility index (Phi) is 7.85. The zero-order valence-corrected chi connectivity index (χ0v) is 20.8. The van der Waals surface area contributed by atoms with Gasteiger partial charge in [0.15, 0.2) is 5.13 Å². The average Bonchev–Trinajstić information content (AvgIpc) is 3.49. The molecule has 3 N–H and O–H groups in total. The molecule has 176 valence electrons. The van der Waals surface area contributed by atoms with Crippen LogP contribution in [0.1, 0.15) is 24.8 Å². The average molecular weight is 509 g/mol. The van der Waals surface area contributed by atoms with Gasteiger partial charge in [0.25, 0.3) is 0 Å². The van der Waals surface area contributed by atoms with Crippen molar-refractivity contribution in [3.63, 3.8) is 0 Å². The fourth-order valence-corrected chi connectivity index (χ4v) is 5.76. The lowest BCUT2D eigenvalue weighted by Gasteiger charge is -2.23. The van der Waals surface area contributed by atoms with Gasteiger partial charge >= 0.3 is 0 Å². The molecule has 0 spiro atoms. The van der Waals surface area contributed by atoms with Gasteiger partial charge in [0.2, 0.25) is 0 Å². The van der Waals surface area contributed by atoms with E-state index in [1.165, 1.54) is 29.4 Å². The predicted octanol–water partition coefficient (Wildman–Crippen LogP) is 5.96. The van der Waals surface area contributed by atoms with Gasteiger partial charge in [-0.25, -0.2) is 9.37 Å². The lowest BCUT2D eigenvalue weighted by Crippen LogP contribution is -2.35. The van der Waals surface area contributed by atoms with Gasteiger partial charge in [0.05, 0.1) is 36.4 Å². The molecule has 1 aromatic heterocycles. The van der Waals surface area contributed by atoms with Crippen molar-refractivity contribution in [3.05, 3.63) is 58.3 Å². The Labute approximate surface area is 206 Å². The molecule has 2 aromatic carbocycles. The van der Waals surface area contributed by atoms with Crippen molar-refractivity contribution >= 4 is 45.7 Å². The number of aromatic nitrogens is 1. The molecule has 3 aromatic rings. The molecular formula is C23H26ClFN4O2S2. The first-order valence-electron chi connectivity index (χ1n) is 10.6. The number of ether oxygens (including phenoxy) is 2. The van der Waals surface area contributed by atoms with Gasteiger partial charge in [0, 0.05) is 35.3 Å². The van der Waals surface area contributed by atoms with Crippen LogP contribution in [-0.2, 0) is 6.54 Å². The molecule has 0 unspecified atom stereocenters. The maximum absolute atomic E-state index is 15.2. The summed E-state index contributed by atoms with van der Waals surface area (Å²) in [6.07, 6.45) is 4.70. The molecule has 1 heterocycles. The van der Waals surface area contributed by atoms with Crippen molar-refractivity contribution < 1.29 is 13.9 Å². The van der Waals surface area contributed by atoms with E-state index < -0.39 is 0 Å².